The number of halogens is 2. The van der Waals surface area contributed by atoms with Crippen LogP contribution in [0.25, 0.3) is 0 Å². The molecule has 0 aromatic carbocycles. The largest absolute Gasteiger partial charge is 0.457 e. The molecule has 35 heavy (non-hydrogen) atoms. The van der Waals surface area contributed by atoms with Gasteiger partial charge in [-0.25, -0.2) is 14.8 Å². The van der Waals surface area contributed by atoms with Crippen molar-refractivity contribution in [2.24, 2.45) is 0 Å². The fourth-order valence-corrected chi connectivity index (χ4v) is 5.44. The maximum Gasteiger partial charge on any atom is 0.341 e. The van der Waals surface area contributed by atoms with Gasteiger partial charge >= 0.3 is 5.97 Å². The molecule has 3 heterocycles. The molecule has 0 radical (unpaired) electrons. The zero-order valence-corrected chi connectivity index (χ0v) is 25.1. The number of piperidine rings is 1. The van der Waals surface area contributed by atoms with Crippen molar-refractivity contribution in [2.75, 3.05) is 13.2 Å². The summed E-state index contributed by atoms with van der Waals surface area (Å²) in [5.41, 5.74) is 1.43. The Hall–Kier alpha value is -1.62. The molecule has 2 aromatic rings. The van der Waals surface area contributed by atoms with E-state index in [-0.39, 0.29) is 23.6 Å². The van der Waals surface area contributed by atoms with Gasteiger partial charge in [0.2, 0.25) is 0 Å². The van der Waals surface area contributed by atoms with Crippen molar-refractivity contribution in [2.45, 2.75) is 70.8 Å². The molecule has 1 saturated heterocycles. The molecule has 0 unspecified atom stereocenters. The van der Waals surface area contributed by atoms with Crippen molar-refractivity contribution in [3.8, 4) is 0 Å². The summed E-state index contributed by atoms with van der Waals surface area (Å²) in [6.07, 6.45) is 6.14. The van der Waals surface area contributed by atoms with Crippen LogP contribution in [0.1, 0.15) is 66.3 Å². The zero-order valence-electron chi connectivity index (χ0n) is 20.9. The van der Waals surface area contributed by atoms with Crippen LogP contribution in [0.4, 0.5) is 0 Å². The number of esters is 1. The Bertz CT molecular complexity index is 1070. The molecule has 0 aliphatic carbocycles. The summed E-state index contributed by atoms with van der Waals surface area (Å²) >= 11 is 6.70. The van der Waals surface area contributed by atoms with Crippen molar-refractivity contribution in [1.29, 1.82) is 0 Å². The van der Waals surface area contributed by atoms with E-state index in [2.05, 4.69) is 75.7 Å². The molecule has 3 rings (SSSR count). The lowest BCUT2D eigenvalue weighted by Gasteiger charge is -2.41. The summed E-state index contributed by atoms with van der Waals surface area (Å²) < 4.78 is 12.8. The first-order valence-electron chi connectivity index (χ1n) is 11.8. The number of amides is 1. The van der Waals surface area contributed by atoms with Crippen molar-refractivity contribution >= 4 is 52.1 Å². The maximum atomic E-state index is 13.6. The first kappa shape index (κ1) is 28.0. The third-order valence-electron chi connectivity index (χ3n) is 6.81. The van der Waals surface area contributed by atoms with Crippen molar-refractivity contribution in [1.82, 2.24) is 14.9 Å². The minimum absolute atomic E-state index is 0.00135. The van der Waals surface area contributed by atoms with E-state index in [1.54, 1.807) is 30.6 Å². The van der Waals surface area contributed by atoms with Crippen LogP contribution >= 0.6 is 31.9 Å². The molecular formula is C25H33Br2N3O4Si. The summed E-state index contributed by atoms with van der Waals surface area (Å²) in [5.74, 6) is -0.587. The minimum atomic E-state index is -1.92. The summed E-state index contributed by atoms with van der Waals surface area (Å²) in [5, 5.41) is 0.112. The number of aromatic nitrogens is 2. The number of carbonyl (C=O) groups excluding carboxylic acids is 2. The fourth-order valence-electron chi connectivity index (χ4n) is 3.60. The predicted molar refractivity (Wildman–Crippen MR) is 145 cm³/mol. The van der Waals surface area contributed by atoms with Gasteiger partial charge in [-0.1, -0.05) is 20.8 Å². The lowest BCUT2D eigenvalue weighted by atomic mass is 10.0. The minimum Gasteiger partial charge on any atom is -0.457 e. The number of hydrogen-bond acceptors (Lipinski definition) is 6. The van der Waals surface area contributed by atoms with Crippen LogP contribution in [0.5, 0.6) is 0 Å². The molecule has 0 N–H and O–H groups in total. The summed E-state index contributed by atoms with van der Waals surface area (Å²) in [4.78, 5) is 36.3. The van der Waals surface area contributed by atoms with Gasteiger partial charge in [0.1, 0.15) is 15.8 Å². The number of ether oxygens (including phenoxy) is 1. The normalized spacial score (nSPS) is 16.8. The standard InChI is InChI=1S/C25H33Br2N3O4Si/c1-25(2,3)35(4,5)34-16-18-9-6-7-12-30(18)23(31)20-13-17(14-29-22(20)27)15-33-24(32)19-10-8-11-28-21(19)26/h8,10-11,13-14,18H,6-7,9,12,15-16H2,1-5H3/t18-/m0/s1. The highest BCUT2D eigenvalue weighted by atomic mass is 79.9. The molecule has 2 aromatic heterocycles. The Morgan fingerprint density at radius 2 is 1.86 bits per heavy atom. The van der Waals surface area contributed by atoms with E-state index in [4.69, 9.17) is 9.16 Å². The van der Waals surface area contributed by atoms with Gasteiger partial charge in [0.15, 0.2) is 8.32 Å². The molecule has 0 bridgehead atoms. The highest BCUT2D eigenvalue weighted by molar-refractivity contribution is 9.10. The third-order valence-corrected chi connectivity index (χ3v) is 12.6. The smallest absolute Gasteiger partial charge is 0.341 e. The molecular weight excluding hydrogens is 594 g/mol. The van der Waals surface area contributed by atoms with Gasteiger partial charge in [0.25, 0.3) is 5.91 Å². The van der Waals surface area contributed by atoms with Gasteiger partial charge in [-0.2, -0.15) is 0 Å². The first-order chi connectivity index (χ1) is 16.4. The van der Waals surface area contributed by atoms with Gasteiger partial charge < -0.3 is 14.1 Å². The average molecular weight is 627 g/mol. The van der Waals surface area contributed by atoms with E-state index in [0.29, 0.717) is 39.0 Å². The quantitative estimate of drug-likeness (QED) is 0.202. The number of pyridine rings is 2. The van der Waals surface area contributed by atoms with Gasteiger partial charge in [0, 0.05) is 24.5 Å². The van der Waals surface area contributed by atoms with E-state index >= 15 is 0 Å². The Kier molecular flexibility index (Phi) is 9.28. The Morgan fingerprint density at radius 1 is 1.14 bits per heavy atom. The number of rotatable bonds is 7. The molecule has 1 amide bonds. The average Bonchev–Trinajstić information content (AvgIpc) is 2.81. The van der Waals surface area contributed by atoms with Gasteiger partial charge in [-0.15, -0.1) is 0 Å². The van der Waals surface area contributed by atoms with Crippen LogP contribution in [0, 0.1) is 0 Å². The van der Waals surface area contributed by atoms with Crippen molar-refractivity contribution in [3.05, 3.63) is 56.5 Å². The molecule has 7 nitrogen and oxygen atoms in total. The number of nitrogens with zero attached hydrogens (tertiary/aromatic N) is 3. The molecule has 1 fully saturated rings. The van der Waals surface area contributed by atoms with Crippen LogP contribution in [0.3, 0.4) is 0 Å². The van der Waals surface area contributed by atoms with Crippen LogP contribution in [-0.2, 0) is 15.8 Å². The fraction of sp³-hybridized carbons (Fsp3) is 0.520. The molecule has 1 atom stereocenters. The van der Waals surface area contributed by atoms with E-state index in [1.807, 2.05) is 4.90 Å². The number of hydrogen-bond donors (Lipinski definition) is 0. The topological polar surface area (TPSA) is 81.6 Å². The van der Waals surface area contributed by atoms with Crippen LogP contribution in [0.15, 0.2) is 39.8 Å². The van der Waals surface area contributed by atoms with Crippen LogP contribution in [-0.4, -0.2) is 54.3 Å². The van der Waals surface area contributed by atoms with E-state index in [0.717, 1.165) is 19.3 Å². The second-order valence-electron chi connectivity index (χ2n) is 10.3. The van der Waals surface area contributed by atoms with Gasteiger partial charge in [-0.3, -0.25) is 4.79 Å². The lowest BCUT2D eigenvalue weighted by Crippen LogP contribution is -2.50. The second-order valence-corrected chi connectivity index (χ2v) is 16.6. The monoisotopic (exact) mass is 625 g/mol. The SMILES string of the molecule is CC(C)(C)[Si](C)(C)OC[C@@H]1CCCCN1C(=O)c1cc(COC(=O)c2cccnc2Br)cnc1Br. The van der Waals surface area contributed by atoms with Gasteiger partial charge in [-0.05, 0) is 87.5 Å². The second kappa shape index (κ2) is 11.6. The van der Waals surface area contributed by atoms with Crippen LogP contribution in [0.2, 0.25) is 18.1 Å². The van der Waals surface area contributed by atoms with E-state index in [1.165, 1.54) is 0 Å². The molecule has 190 valence electrons. The Morgan fingerprint density at radius 3 is 2.54 bits per heavy atom. The third kappa shape index (κ3) is 6.99. The number of carbonyl (C=O) groups is 2. The predicted octanol–water partition coefficient (Wildman–Crippen LogP) is 6.38. The van der Waals surface area contributed by atoms with Crippen LogP contribution < -0.4 is 0 Å². The summed E-state index contributed by atoms with van der Waals surface area (Å²) in [7, 11) is -1.92. The zero-order chi connectivity index (χ0) is 25.8. The Labute approximate surface area is 225 Å². The first-order valence-corrected chi connectivity index (χ1v) is 16.3. The highest BCUT2D eigenvalue weighted by Crippen LogP contribution is 2.37. The summed E-state index contributed by atoms with van der Waals surface area (Å²) in [6, 6.07) is 5.08. The van der Waals surface area contributed by atoms with E-state index in [9.17, 15) is 9.59 Å². The molecule has 0 spiro atoms. The van der Waals surface area contributed by atoms with Gasteiger partial charge in [0.05, 0.1) is 23.8 Å². The Balaban J connectivity index is 1.72. The lowest BCUT2D eigenvalue weighted by molar-refractivity contribution is 0.0470. The molecule has 1 aliphatic rings. The van der Waals surface area contributed by atoms with E-state index < -0.39 is 14.3 Å². The summed E-state index contributed by atoms with van der Waals surface area (Å²) in [6.45, 7) is 12.4. The molecule has 0 saturated carbocycles. The maximum absolute atomic E-state index is 13.6. The van der Waals surface area contributed by atoms with Crippen molar-refractivity contribution in [3.63, 3.8) is 0 Å². The number of likely N-dealkylation sites (tertiary alicyclic amines) is 1. The van der Waals surface area contributed by atoms with Crippen molar-refractivity contribution < 1.29 is 18.8 Å². The molecule has 10 heteroatoms. The molecule has 1 aliphatic heterocycles. The highest BCUT2D eigenvalue weighted by Gasteiger charge is 2.39.